The number of rotatable bonds is 9. The van der Waals surface area contributed by atoms with Crippen LogP contribution in [0.1, 0.15) is 27.5 Å². The summed E-state index contributed by atoms with van der Waals surface area (Å²) in [5.41, 5.74) is 0.825. The maximum absolute atomic E-state index is 12.4. The Hall–Kier alpha value is -2.45. The lowest BCUT2D eigenvalue weighted by Gasteiger charge is -2.09. The summed E-state index contributed by atoms with van der Waals surface area (Å²) in [4.78, 5) is 31.1. The molecule has 0 atom stereocenters. The third-order valence-electron chi connectivity index (χ3n) is 3.63. The third-order valence-corrected chi connectivity index (χ3v) is 3.63. The van der Waals surface area contributed by atoms with Crippen molar-refractivity contribution in [3.63, 3.8) is 0 Å². The molecule has 0 fully saturated rings. The first-order chi connectivity index (χ1) is 12.0. The summed E-state index contributed by atoms with van der Waals surface area (Å²) < 4.78 is 6.55. The number of aromatic nitrogens is 2. The summed E-state index contributed by atoms with van der Waals surface area (Å²) in [5.74, 6) is -0.416. The number of fused-ring (bicyclic) bond motifs is 1. The lowest BCUT2D eigenvalue weighted by molar-refractivity contribution is 0.0934. The molecule has 0 aliphatic heterocycles. The van der Waals surface area contributed by atoms with Crippen molar-refractivity contribution in [1.29, 1.82) is 0 Å². The van der Waals surface area contributed by atoms with Crippen LogP contribution in [-0.4, -0.2) is 73.5 Å². The highest BCUT2D eigenvalue weighted by atomic mass is 16.5. The topological polar surface area (TPSA) is 88.0 Å². The second-order valence-electron chi connectivity index (χ2n) is 5.90. The molecule has 2 aromatic heterocycles. The van der Waals surface area contributed by atoms with Gasteiger partial charge in [0.2, 0.25) is 5.82 Å². The zero-order valence-electron chi connectivity index (χ0n) is 14.9. The van der Waals surface area contributed by atoms with Crippen molar-refractivity contribution in [2.24, 2.45) is 0 Å². The Morgan fingerprint density at radius 2 is 1.96 bits per heavy atom. The van der Waals surface area contributed by atoms with Gasteiger partial charge in [-0.2, -0.15) is 0 Å². The molecular weight excluding hydrogens is 322 g/mol. The van der Waals surface area contributed by atoms with Gasteiger partial charge in [-0.25, -0.2) is 4.98 Å². The molecule has 8 nitrogen and oxygen atoms in total. The predicted octanol–water partition coefficient (Wildman–Crippen LogP) is 0.392. The van der Waals surface area contributed by atoms with E-state index in [1.807, 2.05) is 20.2 Å². The monoisotopic (exact) mass is 347 g/mol. The van der Waals surface area contributed by atoms with Crippen LogP contribution in [-0.2, 0) is 4.74 Å². The van der Waals surface area contributed by atoms with Crippen molar-refractivity contribution in [3.05, 3.63) is 35.9 Å². The van der Waals surface area contributed by atoms with E-state index in [1.54, 1.807) is 29.8 Å². The lowest BCUT2D eigenvalue weighted by atomic mass is 10.3. The number of carbonyl (C=O) groups is 2. The number of methoxy groups -OCH3 is 1. The van der Waals surface area contributed by atoms with Gasteiger partial charge in [-0.15, -0.1) is 0 Å². The van der Waals surface area contributed by atoms with E-state index in [0.717, 1.165) is 13.0 Å². The Bertz CT molecular complexity index is 726. The van der Waals surface area contributed by atoms with Gasteiger partial charge in [-0.05, 0) is 39.2 Å². The van der Waals surface area contributed by atoms with Crippen LogP contribution >= 0.6 is 0 Å². The van der Waals surface area contributed by atoms with Crippen LogP contribution in [0.4, 0.5) is 0 Å². The van der Waals surface area contributed by atoms with Crippen molar-refractivity contribution in [1.82, 2.24) is 24.9 Å². The molecule has 0 aliphatic carbocycles. The van der Waals surface area contributed by atoms with E-state index in [0.29, 0.717) is 25.2 Å². The van der Waals surface area contributed by atoms with Gasteiger partial charge in [-0.3, -0.25) is 14.0 Å². The average molecular weight is 347 g/mol. The fourth-order valence-electron chi connectivity index (χ4n) is 2.39. The minimum atomic E-state index is -0.326. The smallest absolute Gasteiger partial charge is 0.287 e. The van der Waals surface area contributed by atoms with Gasteiger partial charge < -0.3 is 20.3 Å². The quantitative estimate of drug-likeness (QED) is 0.641. The van der Waals surface area contributed by atoms with Crippen molar-refractivity contribution in [3.8, 4) is 0 Å². The molecule has 0 aromatic carbocycles. The van der Waals surface area contributed by atoms with Crippen LogP contribution in [0.15, 0.2) is 24.4 Å². The molecule has 8 heteroatoms. The largest absolute Gasteiger partial charge is 0.383 e. The van der Waals surface area contributed by atoms with E-state index >= 15 is 0 Å². The summed E-state index contributed by atoms with van der Waals surface area (Å²) in [6.45, 7) is 2.23. The van der Waals surface area contributed by atoms with Crippen molar-refractivity contribution < 1.29 is 14.3 Å². The molecule has 0 saturated heterocycles. The standard InChI is InChI=1S/C17H25N5O3/c1-21(2)10-6-8-18-17(24)15-20-14(16(23)19-9-12-25-3)13-7-4-5-11-22(13)15/h4-5,7,11H,6,8-10,12H2,1-3H3,(H,18,24)(H,19,23). The van der Waals surface area contributed by atoms with Crippen LogP contribution < -0.4 is 10.6 Å². The van der Waals surface area contributed by atoms with Crippen LogP contribution in [0, 0.1) is 0 Å². The molecule has 0 saturated carbocycles. The van der Waals surface area contributed by atoms with E-state index in [1.165, 1.54) is 0 Å². The summed E-state index contributed by atoms with van der Waals surface area (Å²) in [6.07, 6.45) is 2.56. The van der Waals surface area contributed by atoms with Crippen LogP contribution in [0.2, 0.25) is 0 Å². The highest BCUT2D eigenvalue weighted by molar-refractivity contribution is 6.02. The molecule has 0 bridgehead atoms. The highest BCUT2D eigenvalue weighted by Crippen LogP contribution is 2.13. The van der Waals surface area contributed by atoms with Gasteiger partial charge in [0.25, 0.3) is 11.8 Å². The molecule has 0 spiro atoms. The molecule has 0 radical (unpaired) electrons. The Kier molecular flexibility index (Phi) is 6.91. The summed E-state index contributed by atoms with van der Waals surface area (Å²) in [5, 5.41) is 5.58. The molecule has 0 unspecified atom stereocenters. The molecule has 136 valence electrons. The van der Waals surface area contributed by atoms with Crippen LogP contribution in [0.5, 0.6) is 0 Å². The fraction of sp³-hybridized carbons (Fsp3) is 0.471. The number of pyridine rings is 1. The van der Waals surface area contributed by atoms with E-state index in [9.17, 15) is 9.59 Å². The van der Waals surface area contributed by atoms with Gasteiger partial charge >= 0.3 is 0 Å². The molecule has 2 N–H and O–H groups in total. The second-order valence-corrected chi connectivity index (χ2v) is 5.90. The van der Waals surface area contributed by atoms with Gasteiger partial charge in [0.05, 0.1) is 12.1 Å². The lowest BCUT2D eigenvalue weighted by Crippen LogP contribution is -2.29. The zero-order valence-corrected chi connectivity index (χ0v) is 14.9. The minimum absolute atomic E-state index is 0.206. The van der Waals surface area contributed by atoms with Crippen LogP contribution in [0.3, 0.4) is 0 Å². The number of hydrogen-bond acceptors (Lipinski definition) is 5. The van der Waals surface area contributed by atoms with E-state index in [2.05, 4.69) is 20.5 Å². The SMILES string of the molecule is COCCNC(=O)c1nc(C(=O)NCCCN(C)C)n2ccccc12. The number of amides is 2. The van der Waals surface area contributed by atoms with Crippen molar-refractivity contribution in [2.45, 2.75) is 6.42 Å². The predicted molar refractivity (Wildman–Crippen MR) is 94.9 cm³/mol. The third kappa shape index (κ3) is 5.01. The molecule has 25 heavy (non-hydrogen) atoms. The van der Waals surface area contributed by atoms with Gasteiger partial charge in [-0.1, -0.05) is 6.07 Å². The number of imidazole rings is 1. The Morgan fingerprint density at radius 1 is 1.20 bits per heavy atom. The maximum Gasteiger partial charge on any atom is 0.287 e. The molecule has 2 heterocycles. The maximum atomic E-state index is 12.4. The van der Waals surface area contributed by atoms with E-state index in [-0.39, 0.29) is 23.3 Å². The molecule has 0 aliphatic rings. The zero-order chi connectivity index (χ0) is 18.2. The van der Waals surface area contributed by atoms with E-state index in [4.69, 9.17) is 4.74 Å². The van der Waals surface area contributed by atoms with Crippen molar-refractivity contribution >= 4 is 17.3 Å². The fourth-order valence-corrected chi connectivity index (χ4v) is 2.39. The molecular formula is C17H25N5O3. The number of carbonyl (C=O) groups excluding carboxylic acids is 2. The van der Waals surface area contributed by atoms with E-state index < -0.39 is 0 Å². The summed E-state index contributed by atoms with van der Waals surface area (Å²) in [7, 11) is 5.54. The number of nitrogens with one attached hydrogen (secondary N) is 2. The Morgan fingerprint density at radius 3 is 2.68 bits per heavy atom. The molecule has 2 amide bonds. The molecule has 2 rings (SSSR count). The van der Waals surface area contributed by atoms with Gasteiger partial charge in [0.1, 0.15) is 0 Å². The number of ether oxygens (including phenoxy) is 1. The second kappa shape index (κ2) is 9.14. The first kappa shape index (κ1) is 18.9. The highest BCUT2D eigenvalue weighted by Gasteiger charge is 2.20. The summed E-state index contributed by atoms with van der Waals surface area (Å²) >= 11 is 0. The number of hydrogen-bond donors (Lipinski definition) is 2. The normalized spacial score (nSPS) is 11.0. The molecule has 2 aromatic rings. The summed E-state index contributed by atoms with van der Waals surface area (Å²) in [6, 6.07) is 5.37. The average Bonchev–Trinajstić information content (AvgIpc) is 2.98. The number of nitrogens with zero attached hydrogens (tertiary/aromatic N) is 3. The minimum Gasteiger partial charge on any atom is -0.383 e. The van der Waals surface area contributed by atoms with Crippen molar-refractivity contribution in [2.75, 3.05) is 47.4 Å². The first-order valence-corrected chi connectivity index (χ1v) is 8.21. The van der Waals surface area contributed by atoms with Gasteiger partial charge in [0.15, 0.2) is 5.69 Å². The first-order valence-electron chi connectivity index (χ1n) is 8.21. The van der Waals surface area contributed by atoms with Gasteiger partial charge in [0, 0.05) is 26.4 Å². The Labute approximate surface area is 147 Å². The van der Waals surface area contributed by atoms with Crippen LogP contribution in [0.25, 0.3) is 5.52 Å². The Balaban J connectivity index is 2.14.